The molecule has 1 amide bonds. The highest BCUT2D eigenvalue weighted by Crippen LogP contribution is 2.48. The summed E-state index contributed by atoms with van der Waals surface area (Å²) in [6.45, 7) is 6.29. The standard InChI is InChI=1S/C26H27N5O3/c1-2-34-20-7-8-27-22(12-20)19-13-28-25(29-14-19)31-15-26(16-33-17-26)21-6-5-18(11-23(21)31)24(32)30-9-3-4-10-30/h5-8,11-14H,2-4,9-10,15-17H2,1H3. The van der Waals surface area contributed by atoms with E-state index in [2.05, 4.69) is 25.9 Å². The number of benzene rings is 1. The largest absolute Gasteiger partial charge is 0.494 e. The van der Waals surface area contributed by atoms with E-state index < -0.39 is 0 Å². The van der Waals surface area contributed by atoms with Crippen molar-refractivity contribution in [3.05, 3.63) is 60.0 Å². The normalized spacial score (nSPS) is 18.1. The minimum absolute atomic E-state index is 0.0695. The third-order valence-electron chi connectivity index (χ3n) is 6.94. The summed E-state index contributed by atoms with van der Waals surface area (Å²) in [5.74, 6) is 1.48. The van der Waals surface area contributed by atoms with Crippen LogP contribution in [0.15, 0.2) is 48.9 Å². The molecule has 6 rings (SSSR count). The minimum atomic E-state index is -0.0695. The van der Waals surface area contributed by atoms with Crippen molar-refractivity contribution in [2.45, 2.75) is 25.2 Å². The summed E-state index contributed by atoms with van der Waals surface area (Å²) < 4.78 is 11.2. The molecule has 8 heteroatoms. The molecule has 8 nitrogen and oxygen atoms in total. The molecule has 1 spiro atoms. The molecule has 0 aliphatic carbocycles. The summed E-state index contributed by atoms with van der Waals surface area (Å²) in [4.78, 5) is 30.9. The fraction of sp³-hybridized carbons (Fsp3) is 0.385. The van der Waals surface area contributed by atoms with Gasteiger partial charge in [0.1, 0.15) is 5.75 Å². The maximum atomic E-state index is 13.0. The molecule has 0 saturated carbocycles. The number of amides is 1. The second-order valence-electron chi connectivity index (χ2n) is 9.17. The van der Waals surface area contributed by atoms with Crippen molar-refractivity contribution in [2.24, 2.45) is 0 Å². The van der Waals surface area contributed by atoms with Crippen LogP contribution in [0.5, 0.6) is 5.75 Å². The third-order valence-corrected chi connectivity index (χ3v) is 6.94. The zero-order chi connectivity index (χ0) is 23.1. The van der Waals surface area contributed by atoms with E-state index in [-0.39, 0.29) is 11.3 Å². The van der Waals surface area contributed by atoms with Crippen molar-refractivity contribution in [1.82, 2.24) is 19.9 Å². The number of anilines is 2. The lowest BCUT2D eigenvalue weighted by Crippen LogP contribution is -2.49. The topological polar surface area (TPSA) is 80.7 Å². The second kappa shape index (κ2) is 8.36. The van der Waals surface area contributed by atoms with Gasteiger partial charge in [-0.1, -0.05) is 6.07 Å². The van der Waals surface area contributed by atoms with Gasteiger partial charge in [-0.05, 0) is 43.5 Å². The van der Waals surface area contributed by atoms with E-state index in [4.69, 9.17) is 9.47 Å². The van der Waals surface area contributed by atoms with Crippen molar-refractivity contribution in [2.75, 3.05) is 44.4 Å². The highest BCUT2D eigenvalue weighted by atomic mass is 16.5. The summed E-state index contributed by atoms with van der Waals surface area (Å²) >= 11 is 0. The lowest BCUT2D eigenvalue weighted by atomic mass is 9.80. The fourth-order valence-corrected chi connectivity index (χ4v) is 5.10. The van der Waals surface area contributed by atoms with E-state index in [1.807, 2.05) is 36.1 Å². The first-order chi connectivity index (χ1) is 16.7. The van der Waals surface area contributed by atoms with Crippen LogP contribution < -0.4 is 9.64 Å². The highest BCUT2D eigenvalue weighted by Gasteiger charge is 2.49. The number of carbonyl (C=O) groups excluding carboxylic acids is 1. The molecule has 174 valence electrons. The Morgan fingerprint density at radius 3 is 2.59 bits per heavy atom. The second-order valence-corrected chi connectivity index (χ2v) is 9.17. The number of ether oxygens (including phenoxy) is 2. The van der Waals surface area contributed by atoms with E-state index in [0.717, 1.165) is 60.7 Å². The van der Waals surface area contributed by atoms with Crippen molar-refractivity contribution >= 4 is 17.5 Å². The van der Waals surface area contributed by atoms with Crippen molar-refractivity contribution in [3.63, 3.8) is 0 Å². The summed E-state index contributed by atoms with van der Waals surface area (Å²) in [5.41, 5.74) is 4.44. The molecular weight excluding hydrogens is 430 g/mol. The maximum Gasteiger partial charge on any atom is 0.253 e. The van der Waals surface area contributed by atoms with Crippen LogP contribution in [0.2, 0.25) is 0 Å². The molecule has 1 aromatic carbocycles. The molecule has 3 aliphatic heterocycles. The number of rotatable bonds is 5. The summed E-state index contributed by atoms with van der Waals surface area (Å²) in [5, 5.41) is 0. The molecule has 0 radical (unpaired) electrons. The van der Waals surface area contributed by atoms with Gasteiger partial charge < -0.3 is 19.3 Å². The van der Waals surface area contributed by atoms with Gasteiger partial charge in [-0.15, -0.1) is 0 Å². The Labute approximate surface area is 198 Å². The Bertz CT molecular complexity index is 1220. The quantitative estimate of drug-likeness (QED) is 0.579. The Balaban J connectivity index is 1.32. The smallest absolute Gasteiger partial charge is 0.253 e. The molecule has 3 aromatic rings. The average molecular weight is 458 g/mol. The number of nitrogens with zero attached hydrogens (tertiary/aromatic N) is 5. The van der Waals surface area contributed by atoms with Crippen molar-refractivity contribution in [1.29, 1.82) is 0 Å². The molecule has 0 N–H and O–H groups in total. The molecule has 34 heavy (non-hydrogen) atoms. The zero-order valence-electron chi connectivity index (χ0n) is 19.2. The van der Waals surface area contributed by atoms with Crippen LogP contribution in [-0.4, -0.2) is 65.2 Å². The predicted molar refractivity (Wildman–Crippen MR) is 128 cm³/mol. The Hall–Kier alpha value is -3.52. The number of pyridine rings is 1. The highest BCUT2D eigenvalue weighted by molar-refractivity contribution is 5.96. The van der Waals surface area contributed by atoms with Gasteiger partial charge in [0.2, 0.25) is 5.95 Å². The van der Waals surface area contributed by atoms with Gasteiger partial charge in [0, 0.05) is 61.1 Å². The van der Waals surface area contributed by atoms with Gasteiger partial charge in [-0.3, -0.25) is 9.78 Å². The van der Waals surface area contributed by atoms with E-state index in [9.17, 15) is 4.79 Å². The minimum Gasteiger partial charge on any atom is -0.494 e. The van der Waals surface area contributed by atoms with Crippen LogP contribution in [0.3, 0.4) is 0 Å². The third kappa shape index (κ3) is 3.49. The predicted octanol–water partition coefficient (Wildman–Crippen LogP) is 3.59. The fourth-order valence-electron chi connectivity index (χ4n) is 5.10. The van der Waals surface area contributed by atoms with Crippen LogP contribution in [0.25, 0.3) is 11.3 Å². The first kappa shape index (κ1) is 21.0. The maximum absolute atomic E-state index is 13.0. The summed E-state index contributed by atoms with van der Waals surface area (Å²) in [6, 6.07) is 9.80. The van der Waals surface area contributed by atoms with E-state index >= 15 is 0 Å². The molecule has 2 saturated heterocycles. The van der Waals surface area contributed by atoms with Crippen molar-refractivity contribution < 1.29 is 14.3 Å². The first-order valence-electron chi connectivity index (χ1n) is 11.9. The molecular formula is C26H27N5O3. The van der Waals surface area contributed by atoms with E-state index in [1.165, 1.54) is 5.56 Å². The first-order valence-corrected chi connectivity index (χ1v) is 11.9. The van der Waals surface area contributed by atoms with E-state index in [1.54, 1.807) is 18.6 Å². The van der Waals surface area contributed by atoms with Gasteiger partial charge in [0.25, 0.3) is 5.91 Å². The Morgan fingerprint density at radius 2 is 1.88 bits per heavy atom. The van der Waals surface area contributed by atoms with Gasteiger partial charge in [0.05, 0.1) is 30.9 Å². The van der Waals surface area contributed by atoms with Gasteiger partial charge in [-0.25, -0.2) is 9.97 Å². The molecule has 5 heterocycles. The number of fused-ring (bicyclic) bond motifs is 2. The van der Waals surface area contributed by atoms with Gasteiger partial charge in [0.15, 0.2) is 0 Å². The number of hydrogen-bond acceptors (Lipinski definition) is 7. The molecule has 3 aliphatic rings. The molecule has 2 aromatic heterocycles. The van der Waals surface area contributed by atoms with Crippen LogP contribution >= 0.6 is 0 Å². The monoisotopic (exact) mass is 457 g/mol. The number of aromatic nitrogens is 3. The van der Waals surface area contributed by atoms with Gasteiger partial charge >= 0.3 is 0 Å². The lowest BCUT2D eigenvalue weighted by molar-refractivity contribution is -0.0507. The molecule has 2 fully saturated rings. The Kier molecular flexibility index (Phi) is 5.17. The lowest BCUT2D eigenvalue weighted by Gasteiger charge is -2.38. The van der Waals surface area contributed by atoms with Crippen LogP contribution in [-0.2, 0) is 10.2 Å². The van der Waals surface area contributed by atoms with Crippen LogP contribution in [0.4, 0.5) is 11.6 Å². The van der Waals surface area contributed by atoms with Gasteiger partial charge in [-0.2, -0.15) is 0 Å². The Morgan fingerprint density at radius 1 is 1.09 bits per heavy atom. The summed E-state index contributed by atoms with van der Waals surface area (Å²) in [7, 11) is 0. The molecule has 0 unspecified atom stereocenters. The molecule has 0 atom stereocenters. The van der Waals surface area contributed by atoms with Crippen LogP contribution in [0, 0.1) is 0 Å². The number of hydrogen-bond donors (Lipinski definition) is 0. The van der Waals surface area contributed by atoms with Crippen molar-refractivity contribution in [3.8, 4) is 17.0 Å². The summed E-state index contributed by atoms with van der Waals surface area (Å²) in [6.07, 6.45) is 7.46. The average Bonchev–Trinajstić information content (AvgIpc) is 3.50. The van der Waals surface area contributed by atoms with E-state index in [0.29, 0.717) is 25.8 Å². The molecule has 0 bridgehead atoms. The zero-order valence-corrected chi connectivity index (χ0v) is 19.2. The SMILES string of the molecule is CCOc1ccnc(-c2cnc(N3CC4(COC4)c4ccc(C(=O)N5CCCC5)cc43)nc2)c1. The number of carbonyl (C=O) groups is 1. The number of likely N-dealkylation sites (tertiary alicyclic amines) is 1. The van der Waals surface area contributed by atoms with Crippen LogP contribution in [0.1, 0.15) is 35.7 Å².